The van der Waals surface area contributed by atoms with E-state index in [4.69, 9.17) is 0 Å². The van der Waals surface area contributed by atoms with E-state index in [1.54, 1.807) is 29.2 Å². The van der Waals surface area contributed by atoms with Crippen molar-refractivity contribution in [2.45, 2.75) is 22.6 Å². The lowest BCUT2D eigenvalue weighted by Gasteiger charge is -2.20. The topological polar surface area (TPSA) is 104 Å². The second kappa shape index (κ2) is 7.53. The van der Waals surface area contributed by atoms with Crippen molar-refractivity contribution in [1.82, 2.24) is 4.31 Å². The molecule has 2 aromatic rings. The van der Waals surface area contributed by atoms with Gasteiger partial charge < -0.3 is 4.90 Å². The molecule has 1 aliphatic heterocycles. The van der Waals surface area contributed by atoms with E-state index in [0.717, 1.165) is 10.7 Å². The number of amides is 1. The highest BCUT2D eigenvalue weighted by atomic mass is 32.2. The molecule has 1 aliphatic rings. The molecule has 1 N–H and O–H groups in total. The fraction of sp³-hybridized carbons (Fsp3) is 0.278. The zero-order valence-corrected chi connectivity index (χ0v) is 17.1. The van der Waals surface area contributed by atoms with E-state index >= 15 is 0 Å². The van der Waals surface area contributed by atoms with Crippen LogP contribution in [0.4, 0.5) is 11.4 Å². The van der Waals surface area contributed by atoms with Gasteiger partial charge in [-0.15, -0.1) is 0 Å². The summed E-state index contributed by atoms with van der Waals surface area (Å²) in [4.78, 5) is 13.5. The van der Waals surface area contributed by atoms with E-state index in [0.29, 0.717) is 24.3 Å². The molecule has 150 valence electrons. The van der Waals surface area contributed by atoms with Crippen LogP contribution in [0.1, 0.15) is 12.8 Å². The first kappa shape index (κ1) is 20.3. The van der Waals surface area contributed by atoms with E-state index < -0.39 is 20.0 Å². The van der Waals surface area contributed by atoms with Crippen molar-refractivity contribution >= 4 is 37.3 Å². The van der Waals surface area contributed by atoms with Crippen LogP contribution in [0, 0.1) is 0 Å². The largest absolute Gasteiger partial charge is 0.310 e. The molecule has 0 aromatic heterocycles. The molecule has 3 rings (SSSR count). The minimum absolute atomic E-state index is 0.000450. The molecule has 1 amide bonds. The predicted molar refractivity (Wildman–Crippen MR) is 106 cm³/mol. The van der Waals surface area contributed by atoms with Crippen molar-refractivity contribution < 1.29 is 21.6 Å². The Morgan fingerprint density at radius 1 is 0.929 bits per heavy atom. The fourth-order valence-corrected chi connectivity index (χ4v) is 4.88. The number of hydrogen-bond donors (Lipinski definition) is 1. The second-order valence-electron chi connectivity index (χ2n) is 6.53. The summed E-state index contributed by atoms with van der Waals surface area (Å²) in [7, 11) is -4.81. The van der Waals surface area contributed by atoms with E-state index in [1.807, 2.05) is 0 Å². The van der Waals surface area contributed by atoms with Crippen LogP contribution in [0.2, 0.25) is 0 Å². The van der Waals surface area contributed by atoms with E-state index in [2.05, 4.69) is 4.72 Å². The van der Waals surface area contributed by atoms with Crippen molar-refractivity contribution in [3.8, 4) is 0 Å². The Hall–Kier alpha value is -2.43. The van der Waals surface area contributed by atoms with Gasteiger partial charge in [-0.3, -0.25) is 9.52 Å². The Morgan fingerprint density at radius 2 is 1.54 bits per heavy atom. The van der Waals surface area contributed by atoms with Gasteiger partial charge in [0, 0.05) is 27.1 Å². The summed E-state index contributed by atoms with van der Waals surface area (Å²) in [6, 6.07) is 11.7. The second-order valence-corrected chi connectivity index (χ2v) is 10.4. The van der Waals surface area contributed by atoms with Crippen LogP contribution in [0.15, 0.2) is 58.3 Å². The Balaban J connectivity index is 1.90. The third-order valence-corrected chi connectivity index (χ3v) is 7.64. The first-order valence-corrected chi connectivity index (χ1v) is 11.5. The molecule has 1 saturated heterocycles. The number of benzene rings is 2. The summed E-state index contributed by atoms with van der Waals surface area (Å²) in [5, 5.41) is 0. The van der Waals surface area contributed by atoms with Gasteiger partial charge in [-0.1, -0.05) is 12.1 Å². The molecule has 0 aliphatic carbocycles. The van der Waals surface area contributed by atoms with Gasteiger partial charge in [-0.2, -0.15) is 0 Å². The molecule has 28 heavy (non-hydrogen) atoms. The summed E-state index contributed by atoms with van der Waals surface area (Å²) >= 11 is 0. The van der Waals surface area contributed by atoms with Crippen LogP contribution in [0.25, 0.3) is 0 Å². The SMILES string of the molecule is CN(C)S(=O)(=O)c1ccc(S(=O)(=O)Nc2ccccc2N2CCCC2=O)cc1. The molecule has 8 nitrogen and oxygen atoms in total. The summed E-state index contributed by atoms with van der Waals surface area (Å²) in [6.07, 6.45) is 1.16. The van der Waals surface area contributed by atoms with Gasteiger partial charge in [-0.25, -0.2) is 21.1 Å². The molecule has 1 heterocycles. The van der Waals surface area contributed by atoms with Crippen LogP contribution in [-0.2, 0) is 24.8 Å². The lowest BCUT2D eigenvalue weighted by atomic mass is 10.2. The number of hydrogen-bond acceptors (Lipinski definition) is 5. The number of sulfonamides is 2. The lowest BCUT2D eigenvalue weighted by Crippen LogP contribution is -2.25. The number of anilines is 2. The van der Waals surface area contributed by atoms with E-state index in [1.165, 1.54) is 38.4 Å². The fourth-order valence-electron chi connectivity index (χ4n) is 2.90. The van der Waals surface area contributed by atoms with E-state index in [-0.39, 0.29) is 15.7 Å². The molecular weight excluding hydrogens is 402 g/mol. The van der Waals surface area contributed by atoms with Crippen molar-refractivity contribution in [1.29, 1.82) is 0 Å². The molecule has 0 spiro atoms. The molecule has 0 radical (unpaired) electrons. The molecular formula is C18H21N3O5S2. The molecule has 10 heteroatoms. The number of carbonyl (C=O) groups is 1. The van der Waals surface area contributed by atoms with Crippen LogP contribution >= 0.6 is 0 Å². The maximum Gasteiger partial charge on any atom is 0.261 e. The van der Waals surface area contributed by atoms with Gasteiger partial charge >= 0.3 is 0 Å². The van der Waals surface area contributed by atoms with Crippen LogP contribution in [-0.4, -0.2) is 47.7 Å². The molecule has 0 bridgehead atoms. The lowest BCUT2D eigenvalue weighted by molar-refractivity contribution is -0.117. The normalized spacial score (nSPS) is 15.2. The minimum Gasteiger partial charge on any atom is -0.310 e. The molecule has 2 aromatic carbocycles. The first-order valence-electron chi connectivity index (χ1n) is 8.58. The molecule has 0 saturated carbocycles. The van der Waals surface area contributed by atoms with Crippen molar-refractivity contribution in [2.75, 3.05) is 30.3 Å². The summed E-state index contributed by atoms with van der Waals surface area (Å²) in [5.74, 6) is -0.0510. The monoisotopic (exact) mass is 423 g/mol. The molecule has 0 atom stereocenters. The van der Waals surface area contributed by atoms with Gasteiger partial charge in [0.15, 0.2) is 0 Å². The Labute approximate surface area is 164 Å². The maximum absolute atomic E-state index is 12.8. The van der Waals surface area contributed by atoms with Gasteiger partial charge in [0.25, 0.3) is 10.0 Å². The Bertz CT molecular complexity index is 1090. The summed E-state index contributed by atoms with van der Waals surface area (Å²) in [6.45, 7) is 0.536. The number of nitrogens with zero attached hydrogens (tertiary/aromatic N) is 2. The summed E-state index contributed by atoms with van der Waals surface area (Å²) in [5.41, 5.74) is 0.795. The third-order valence-electron chi connectivity index (χ3n) is 4.43. The van der Waals surface area contributed by atoms with Crippen molar-refractivity contribution in [2.24, 2.45) is 0 Å². The van der Waals surface area contributed by atoms with Crippen molar-refractivity contribution in [3.05, 3.63) is 48.5 Å². The van der Waals surface area contributed by atoms with Gasteiger partial charge in [0.1, 0.15) is 0 Å². The third kappa shape index (κ3) is 3.89. The van der Waals surface area contributed by atoms with Crippen LogP contribution in [0.3, 0.4) is 0 Å². The Morgan fingerprint density at radius 3 is 2.11 bits per heavy atom. The average molecular weight is 424 g/mol. The predicted octanol–water partition coefficient (Wildman–Crippen LogP) is 1.86. The zero-order valence-electron chi connectivity index (χ0n) is 15.5. The number of carbonyl (C=O) groups excluding carboxylic acids is 1. The Kier molecular flexibility index (Phi) is 5.46. The molecule has 0 unspecified atom stereocenters. The van der Waals surface area contributed by atoms with Crippen LogP contribution in [0.5, 0.6) is 0 Å². The minimum atomic E-state index is -3.96. The number of nitrogens with one attached hydrogen (secondary N) is 1. The first-order chi connectivity index (χ1) is 13.1. The highest BCUT2D eigenvalue weighted by molar-refractivity contribution is 7.92. The standard InChI is InChI=1S/C18H21N3O5S2/c1-20(2)28(25,26)15-11-9-14(10-12-15)27(23,24)19-16-6-3-4-7-17(16)21-13-5-8-18(21)22/h3-4,6-7,9-12,19H,5,8,13H2,1-2H3. The van der Waals surface area contributed by atoms with Gasteiger partial charge in [0.2, 0.25) is 15.9 Å². The quantitative estimate of drug-likeness (QED) is 0.764. The number of rotatable bonds is 6. The van der Waals surface area contributed by atoms with E-state index in [9.17, 15) is 21.6 Å². The smallest absolute Gasteiger partial charge is 0.261 e. The van der Waals surface area contributed by atoms with Crippen molar-refractivity contribution in [3.63, 3.8) is 0 Å². The highest BCUT2D eigenvalue weighted by Crippen LogP contribution is 2.31. The highest BCUT2D eigenvalue weighted by Gasteiger charge is 2.26. The average Bonchev–Trinajstić information content (AvgIpc) is 3.07. The van der Waals surface area contributed by atoms with Gasteiger partial charge in [-0.05, 0) is 42.8 Å². The van der Waals surface area contributed by atoms with Crippen LogP contribution < -0.4 is 9.62 Å². The number of para-hydroxylation sites is 2. The molecule has 1 fully saturated rings. The summed E-state index contributed by atoms with van der Waals surface area (Å²) < 4.78 is 53.4. The van der Waals surface area contributed by atoms with Gasteiger partial charge in [0.05, 0.1) is 21.2 Å². The maximum atomic E-state index is 12.8. The zero-order chi connectivity index (χ0) is 20.5.